The molecule has 0 bridgehead atoms. The number of thioether (sulfide) groups is 1. The van der Waals surface area contributed by atoms with Crippen molar-refractivity contribution in [3.63, 3.8) is 0 Å². The molecule has 0 aliphatic rings. The van der Waals surface area contributed by atoms with E-state index in [0.29, 0.717) is 0 Å². The maximum absolute atomic E-state index is 8.86. The Bertz CT molecular complexity index is 293. The van der Waals surface area contributed by atoms with Crippen LogP contribution in [0.25, 0.3) is 0 Å². The Morgan fingerprint density at radius 3 is 2.85 bits per heavy atom. The summed E-state index contributed by atoms with van der Waals surface area (Å²) in [6.07, 6.45) is 0. The van der Waals surface area contributed by atoms with Crippen molar-refractivity contribution in [2.45, 2.75) is 24.1 Å². The highest BCUT2D eigenvalue weighted by Crippen LogP contribution is 2.23. The highest BCUT2D eigenvalue weighted by Gasteiger charge is 2.04. The Morgan fingerprint density at radius 1 is 1.62 bits per heavy atom. The van der Waals surface area contributed by atoms with E-state index in [1.54, 1.807) is 11.8 Å². The molecule has 0 aliphatic heterocycles. The second-order valence-electron chi connectivity index (χ2n) is 2.83. The van der Waals surface area contributed by atoms with Crippen LogP contribution >= 0.6 is 27.7 Å². The highest BCUT2D eigenvalue weighted by molar-refractivity contribution is 9.10. The number of aryl methyl sites for hydroxylation is 1. The molecule has 1 aromatic heterocycles. The lowest BCUT2D eigenvalue weighted by atomic mass is 10.4. The number of rotatable bonds is 3. The number of aliphatic hydroxyl groups is 1. The van der Waals surface area contributed by atoms with Gasteiger partial charge in [0.15, 0.2) is 0 Å². The molecule has 1 N–H and O–H groups in total. The maximum atomic E-state index is 8.86. The van der Waals surface area contributed by atoms with Crippen LogP contribution in [0.1, 0.15) is 12.6 Å². The van der Waals surface area contributed by atoms with Crippen molar-refractivity contribution >= 4 is 27.7 Å². The monoisotopic (exact) mass is 261 g/mol. The molecule has 0 saturated heterocycles. The summed E-state index contributed by atoms with van der Waals surface area (Å²) >= 11 is 4.98. The van der Waals surface area contributed by atoms with Crippen LogP contribution in [0.5, 0.6) is 0 Å². The van der Waals surface area contributed by atoms with E-state index in [1.165, 1.54) is 0 Å². The van der Waals surface area contributed by atoms with Crippen LogP contribution in [-0.2, 0) is 0 Å². The van der Waals surface area contributed by atoms with Crippen molar-refractivity contribution in [1.29, 1.82) is 0 Å². The van der Waals surface area contributed by atoms with E-state index in [0.717, 1.165) is 15.2 Å². The molecule has 0 aromatic carbocycles. The van der Waals surface area contributed by atoms with Crippen LogP contribution in [0, 0.1) is 6.92 Å². The quantitative estimate of drug-likeness (QED) is 0.850. The van der Waals surface area contributed by atoms with Crippen molar-refractivity contribution in [3.05, 3.63) is 22.3 Å². The molecule has 0 radical (unpaired) electrons. The van der Waals surface area contributed by atoms with Gasteiger partial charge in [-0.25, -0.2) is 4.98 Å². The molecular weight excluding hydrogens is 250 g/mol. The van der Waals surface area contributed by atoms with Gasteiger partial charge >= 0.3 is 0 Å². The molecule has 0 amide bonds. The zero-order valence-electron chi connectivity index (χ0n) is 7.62. The van der Waals surface area contributed by atoms with Crippen LogP contribution in [0.2, 0.25) is 0 Å². The molecule has 13 heavy (non-hydrogen) atoms. The molecule has 1 rings (SSSR count). The summed E-state index contributed by atoms with van der Waals surface area (Å²) in [6.45, 7) is 4.11. The Labute approximate surface area is 90.9 Å². The van der Waals surface area contributed by atoms with Gasteiger partial charge in [0, 0.05) is 9.72 Å². The number of nitrogens with zero attached hydrogens (tertiary/aromatic N) is 1. The Kier molecular flexibility index (Phi) is 4.22. The van der Waals surface area contributed by atoms with E-state index in [-0.39, 0.29) is 11.9 Å². The Hall–Kier alpha value is -0.0600. The lowest BCUT2D eigenvalue weighted by molar-refractivity contribution is 0.300. The minimum Gasteiger partial charge on any atom is -0.395 e. The molecule has 2 nitrogen and oxygen atoms in total. The smallest absolute Gasteiger partial charge is 0.0967 e. The molecular formula is C9H12BrNOS. The first-order valence-corrected chi connectivity index (χ1v) is 5.71. The van der Waals surface area contributed by atoms with Gasteiger partial charge in [0.1, 0.15) is 0 Å². The van der Waals surface area contributed by atoms with E-state index >= 15 is 0 Å². The zero-order chi connectivity index (χ0) is 9.84. The van der Waals surface area contributed by atoms with Crippen molar-refractivity contribution in [2.75, 3.05) is 6.61 Å². The Morgan fingerprint density at radius 2 is 2.31 bits per heavy atom. The highest BCUT2D eigenvalue weighted by atomic mass is 79.9. The summed E-state index contributed by atoms with van der Waals surface area (Å²) in [7, 11) is 0. The number of halogens is 1. The van der Waals surface area contributed by atoms with Crippen molar-refractivity contribution in [2.24, 2.45) is 0 Å². The average molecular weight is 262 g/mol. The molecule has 4 heteroatoms. The predicted octanol–water partition coefficient (Wildman–Crippen LogP) is 2.63. The number of pyridine rings is 1. The second-order valence-corrected chi connectivity index (χ2v) is 5.14. The summed E-state index contributed by atoms with van der Waals surface area (Å²) in [6, 6.07) is 3.93. The summed E-state index contributed by atoms with van der Waals surface area (Å²) in [4.78, 5) is 4.37. The van der Waals surface area contributed by atoms with E-state index < -0.39 is 0 Å². The SMILES string of the molecule is Cc1nc(SC(C)CO)ccc1Br. The maximum Gasteiger partial charge on any atom is 0.0967 e. The van der Waals surface area contributed by atoms with E-state index in [4.69, 9.17) is 5.11 Å². The summed E-state index contributed by atoms with van der Waals surface area (Å²) < 4.78 is 1.02. The first-order chi connectivity index (χ1) is 6.13. The third kappa shape index (κ3) is 3.29. The van der Waals surface area contributed by atoms with Gasteiger partial charge in [-0.05, 0) is 35.0 Å². The number of hydrogen-bond donors (Lipinski definition) is 1. The molecule has 0 aliphatic carbocycles. The first-order valence-electron chi connectivity index (χ1n) is 4.04. The van der Waals surface area contributed by atoms with Crippen molar-refractivity contribution < 1.29 is 5.11 Å². The van der Waals surface area contributed by atoms with Crippen LogP contribution in [0.4, 0.5) is 0 Å². The molecule has 0 fully saturated rings. The fraction of sp³-hybridized carbons (Fsp3) is 0.444. The van der Waals surface area contributed by atoms with Crippen molar-refractivity contribution in [1.82, 2.24) is 4.98 Å². The van der Waals surface area contributed by atoms with Gasteiger partial charge < -0.3 is 5.11 Å². The van der Waals surface area contributed by atoms with Gasteiger partial charge in [0.25, 0.3) is 0 Å². The third-order valence-corrected chi connectivity index (χ3v) is 3.43. The van der Waals surface area contributed by atoms with E-state index in [1.807, 2.05) is 26.0 Å². The zero-order valence-corrected chi connectivity index (χ0v) is 10.0. The summed E-state index contributed by atoms with van der Waals surface area (Å²) in [5.74, 6) is 0. The number of aromatic nitrogens is 1. The minimum absolute atomic E-state index is 0.182. The van der Waals surface area contributed by atoms with E-state index in [9.17, 15) is 0 Å². The van der Waals surface area contributed by atoms with Gasteiger partial charge in [0.2, 0.25) is 0 Å². The lowest BCUT2D eigenvalue weighted by Gasteiger charge is -2.07. The normalized spacial score (nSPS) is 12.9. The molecule has 72 valence electrons. The van der Waals surface area contributed by atoms with Crippen LogP contribution < -0.4 is 0 Å². The van der Waals surface area contributed by atoms with Gasteiger partial charge in [-0.2, -0.15) is 0 Å². The van der Waals surface area contributed by atoms with Crippen LogP contribution in [0.15, 0.2) is 21.6 Å². The van der Waals surface area contributed by atoms with Crippen LogP contribution in [0.3, 0.4) is 0 Å². The summed E-state index contributed by atoms with van der Waals surface area (Å²) in [5.41, 5.74) is 0.982. The topological polar surface area (TPSA) is 33.1 Å². The molecule has 0 saturated carbocycles. The van der Waals surface area contributed by atoms with Gasteiger partial charge in [-0.1, -0.05) is 6.92 Å². The minimum atomic E-state index is 0.182. The fourth-order valence-corrected chi connectivity index (χ4v) is 1.87. The number of aliphatic hydroxyl groups excluding tert-OH is 1. The number of hydrogen-bond acceptors (Lipinski definition) is 3. The second kappa shape index (κ2) is 4.98. The van der Waals surface area contributed by atoms with Crippen LogP contribution in [-0.4, -0.2) is 21.9 Å². The van der Waals surface area contributed by atoms with E-state index in [2.05, 4.69) is 20.9 Å². The molecule has 0 spiro atoms. The molecule has 1 atom stereocenters. The lowest BCUT2D eigenvalue weighted by Crippen LogP contribution is -2.02. The Balaban J connectivity index is 2.73. The van der Waals surface area contributed by atoms with Gasteiger partial charge in [-0.3, -0.25) is 0 Å². The molecule has 1 unspecified atom stereocenters. The largest absolute Gasteiger partial charge is 0.395 e. The van der Waals surface area contributed by atoms with Gasteiger partial charge in [0.05, 0.1) is 17.3 Å². The van der Waals surface area contributed by atoms with Crippen molar-refractivity contribution in [3.8, 4) is 0 Å². The molecule has 1 aromatic rings. The third-order valence-electron chi connectivity index (χ3n) is 1.57. The van der Waals surface area contributed by atoms with Gasteiger partial charge in [-0.15, -0.1) is 11.8 Å². The standard InChI is InChI=1S/C9H12BrNOS/c1-6(5-12)13-9-4-3-8(10)7(2)11-9/h3-4,6,12H,5H2,1-2H3. The molecule has 1 heterocycles. The fourth-order valence-electron chi connectivity index (χ4n) is 0.830. The predicted molar refractivity (Wildman–Crippen MR) is 59.1 cm³/mol. The average Bonchev–Trinajstić information content (AvgIpc) is 2.11. The first kappa shape index (κ1) is 11.0. The summed E-state index contributed by atoms with van der Waals surface area (Å²) in [5, 5.41) is 10.0.